The molecule has 0 bridgehead atoms. The number of fused-ring (bicyclic) bond motifs is 1. The Bertz CT molecular complexity index is 1090. The lowest BCUT2D eigenvalue weighted by atomic mass is 9.80. The Kier molecular flexibility index (Phi) is 7.32. The summed E-state index contributed by atoms with van der Waals surface area (Å²) >= 11 is 6.56. The van der Waals surface area contributed by atoms with E-state index in [2.05, 4.69) is 46.2 Å². The number of amides is 1. The molecule has 0 saturated heterocycles. The number of benzene rings is 1. The monoisotopic (exact) mass is 468 g/mol. The SMILES string of the molecule is CN(C)CCN(C)C1(CNC(=O)c2cn(-c3ncccn3)c3cccc(Cl)c23)CCCCC1. The molecule has 1 saturated carbocycles. The van der Waals surface area contributed by atoms with Gasteiger partial charge in [0, 0.05) is 49.1 Å². The van der Waals surface area contributed by atoms with E-state index in [1.807, 2.05) is 22.8 Å². The van der Waals surface area contributed by atoms with E-state index in [1.54, 1.807) is 24.7 Å². The molecule has 0 spiro atoms. The van der Waals surface area contributed by atoms with Gasteiger partial charge in [-0.1, -0.05) is 36.9 Å². The second kappa shape index (κ2) is 10.2. The summed E-state index contributed by atoms with van der Waals surface area (Å²) < 4.78 is 1.83. The molecule has 4 rings (SSSR count). The molecule has 0 atom stereocenters. The molecule has 1 aliphatic rings. The van der Waals surface area contributed by atoms with Crippen molar-refractivity contribution in [2.45, 2.75) is 37.6 Å². The topological polar surface area (TPSA) is 66.3 Å². The Balaban J connectivity index is 1.61. The number of carbonyl (C=O) groups excluding carboxylic acids is 1. The number of likely N-dealkylation sites (N-methyl/N-ethyl adjacent to an activating group) is 2. The van der Waals surface area contributed by atoms with Gasteiger partial charge in [0.05, 0.1) is 16.1 Å². The number of aromatic nitrogens is 3. The highest BCUT2D eigenvalue weighted by Crippen LogP contribution is 2.33. The number of halogens is 1. The van der Waals surface area contributed by atoms with Gasteiger partial charge in [0.1, 0.15) is 0 Å². The van der Waals surface area contributed by atoms with Crippen LogP contribution in [0, 0.1) is 0 Å². The van der Waals surface area contributed by atoms with Crippen molar-refractivity contribution >= 4 is 28.4 Å². The molecular formula is C25H33ClN6O. The van der Waals surface area contributed by atoms with E-state index < -0.39 is 0 Å². The first-order valence-electron chi connectivity index (χ1n) is 11.6. The molecule has 1 aromatic carbocycles. The van der Waals surface area contributed by atoms with Crippen LogP contribution in [0.3, 0.4) is 0 Å². The summed E-state index contributed by atoms with van der Waals surface area (Å²) in [6.07, 6.45) is 11.0. The zero-order chi connectivity index (χ0) is 23.4. The Morgan fingerprint density at radius 3 is 2.52 bits per heavy atom. The van der Waals surface area contributed by atoms with Crippen molar-refractivity contribution in [2.75, 3.05) is 40.8 Å². The number of nitrogens with one attached hydrogen (secondary N) is 1. The zero-order valence-electron chi connectivity index (χ0n) is 19.7. The lowest BCUT2D eigenvalue weighted by Crippen LogP contribution is -2.56. The van der Waals surface area contributed by atoms with Crippen LogP contribution < -0.4 is 5.32 Å². The van der Waals surface area contributed by atoms with E-state index in [4.69, 9.17) is 11.6 Å². The van der Waals surface area contributed by atoms with E-state index in [0.29, 0.717) is 23.1 Å². The molecule has 2 aromatic heterocycles. The van der Waals surface area contributed by atoms with E-state index in [0.717, 1.165) is 36.8 Å². The minimum Gasteiger partial charge on any atom is -0.350 e. The smallest absolute Gasteiger partial charge is 0.253 e. The van der Waals surface area contributed by atoms with E-state index in [-0.39, 0.29) is 11.4 Å². The van der Waals surface area contributed by atoms with Gasteiger partial charge in [0.25, 0.3) is 5.91 Å². The molecule has 7 nitrogen and oxygen atoms in total. The van der Waals surface area contributed by atoms with Crippen LogP contribution >= 0.6 is 11.6 Å². The summed E-state index contributed by atoms with van der Waals surface area (Å²) in [7, 11) is 6.38. The number of rotatable bonds is 8. The van der Waals surface area contributed by atoms with Crippen molar-refractivity contribution in [1.29, 1.82) is 0 Å². The van der Waals surface area contributed by atoms with Gasteiger partial charge in [-0.05, 0) is 52.2 Å². The summed E-state index contributed by atoms with van der Waals surface area (Å²) in [5.74, 6) is 0.393. The van der Waals surface area contributed by atoms with Crippen LogP contribution in [-0.2, 0) is 0 Å². The van der Waals surface area contributed by atoms with Crippen molar-refractivity contribution in [3.63, 3.8) is 0 Å². The standard InChI is InChI=1S/C25H33ClN6O/c1-30(2)15-16-31(3)25(11-5-4-6-12-25)18-29-23(33)19-17-32(24-27-13-8-14-28-24)21-10-7-9-20(26)22(19)21/h7-10,13-14,17H,4-6,11-12,15-16,18H2,1-3H3,(H,29,33). The fourth-order valence-corrected chi connectivity index (χ4v) is 5.10. The summed E-state index contributed by atoms with van der Waals surface area (Å²) in [6, 6.07) is 7.40. The van der Waals surface area contributed by atoms with Gasteiger partial charge in [0.2, 0.25) is 5.95 Å². The van der Waals surface area contributed by atoms with Gasteiger partial charge in [-0.3, -0.25) is 14.3 Å². The van der Waals surface area contributed by atoms with Crippen LogP contribution in [0.4, 0.5) is 0 Å². The normalized spacial score (nSPS) is 15.9. The van der Waals surface area contributed by atoms with Crippen molar-refractivity contribution in [1.82, 2.24) is 29.7 Å². The molecule has 0 aliphatic heterocycles. The van der Waals surface area contributed by atoms with Gasteiger partial charge in [-0.2, -0.15) is 0 Å². The minimum absolute atomic E-state index is 0.0192. The first kappa shape index (κ1) is 23.7. The van der Waals surface area contributed by atoms with Crippen LogP contribution in [0.15, 0.2) is 42.9 Å². The molecule has 1 fully saturated rings. The average molecular weight is 469 g/mol. The third kappa shape index (κ3) is 5.05. The molecule has 1 amide bonds. The third-order valence-corrected chi connectivity index (χ3v) is 7.16. The maximum Gasteiger partial charge on any atom is 0.253 e. The second-order valence-electron chi connectivity index (χ2n) is 9.29. The van der Waals surface area contributed by atoms with Crippen LogP contribution in [0.1, 0.15) is 42.5 Å². The van der Waals surface area contributed by atoms with E-state index in [1.165, 1.54) is 19.3 Å². The predicted octanol–water partition coefficient (Wildman–Crippen LogP) is 4.00. The number of carbonyl (C=O) groups is 1. The molecule has 2 heterocycles. The Hall–Kier alpha value is -2.48. The largest absolute Gasteiger partial charge is 0.350 e. The Morgan fingerprint density at radius 1 is 1.09 bits per heavy atom. The quantitative estimate of drug-likeness (QED) is 0.541. The zero-order valence-corrected chi connectivity index (χ0v) is 20.5. The highest BCUT2D eigenvalue weighted by molar-refractivity contribution is 6.37. The molecule has 8 heteroatoms. The van der Waals surface area contributed by atoms with Gasteiger partial charge in [-0.25, -0.2) is 9.97 Å². The highest BCUT2D eigenvalue weighted by atomic mass is 35.5. The second-order valence-corrected chi connectivity index (χ2v) is 9.70. The molecule has 1 N–H and O–H groups in total. The number of hydrogen-bond acceptors (Lipinski definition) is 5. The van der Waals surface area contributed by atoms with Crippen LogP contribution in [0.2, 0.25) is 5.02 Å². The predicted molar refractivity (Wildman–Crippen MR) is 133 cm³/mol. The van der Waals surface area contributed by atoms with E-state index in [9.17, 15) is 4.79 Å². The number of hydrogen-bond donors (Lipinski definition) is 1. The van der Waals surface area contributed by atoms with Gasteiger partial charge in [-0.15, -0.1) is 0 Å². The molecule has 176 valence electrons. The summed E-state index contributed by atoms with van der Waals surface area (Å²) in [5, 5.41) is 4.52. The first-order chi connectivity index (χ1) is 15.9. The van der Waals surface area contributed by atoms with Crippen LogP contribution in [0.25, 0.3) is 16.9 Å². The summed E-state index contributed by atoms with van der Waals surface area (Å²) in [6.45, 7) is 2.58. The maximum atomic E-state index is 13.5. The lowest BCUT2D eigenvalue weighted by molar-refractivity contribution is 0.0626. The lowest BCUT2D eigenvalue weighted by Gasteiger charge is -2.45. The Labute approximate surface area is 200 Å². The summed E-state index contributed by atoms with van der Waals surface area (Å²) in [5.41, 5.74) is 1.34. The number of nitrogens with zero attached hydrogens (tertiary/aromatic N) is 5. The van der Waals surface area contributed by atoms with Crippen LogP contribution in [-0.4, -0.2) is 76.6 Å². The van der Waals surface area contributed by atoms with Gasteiger partial charge in [0.15, 0.2) is 0 Å². The molecule has 1 aliphatic carbocycles. The van der Waals surface area contributed by atoms with Crippen LogP contribution in [0.5, 0.6) is 0 Å². The minimum atomic E-state index is -0.117. The summed E-state index contributed by atoms with van der Waals surface area (Å²) in [4.78, 5) is 26.8. The molecular weight excluding hydrogens is 436 g/mol. The molecule has 0 unspecified atom stereocenters. The maximum absolute atomic E-state index is 13.5. The fourth-order valence-electron chi connectivity index (χ4n) is 4.83. The van der Waals surface area contributed by atoms with Crippen molar-refractivity contribution in [2.24, 2.45) is 0 Å². The Morgan fingerprint density at radius 2 is 1.82 bits per heavy atom. The van der Waals surface area contributed by atoms with Gasteiger partial charge < -0.3 is 10.2 Å². The van der Waals surface area contributed by atoms with Crippen molar-refractivity contribution in [3.8, 4) is 5.95 Å². The van der Waals surface area contributed by atoms with Crippen molar-refractivity contribution < 1.29 is 4.79 Å². The highest BCUT2D eigenvalue weighted by Gasteiger charge is 2.36. The molecule has 3 aromatic rings. The fraction of sp³-hybridized carbons (Fsp3) is 0.480. The van der Waals surface area contributed by atoms with Gasteiger partial charge >= 0.3 is 0 Å². The first-order valence-corrected chi connectivity index (χ1v) is 12.0. The third-order valence-electron chi connectivity index (χ3n) is 6.85. The molecule has 0 radical (unpaired) electrons. The molecule has 33 heavy (non-hydrogen) atoms. The van der Waals surface area contributed by atoms with E-state index >= 15 is 0 Å². The average Bonchev–Trinajstić information content (AvgIpc) is 3.23. The van der Waals surface area contributed by atoms with Crippen molar-refractivity contribution in [3.05, 3.63) is 53.4 Å².